The molecule has 0 bridgehead atoms. The summed E-state index contributed by atoms with van der Waals surface area (Å²) in [6.07, 6.45) is 4.60. The number of aromatic nitrogens is 1. The van der Waals surface area contributed by atoms with Gasteiger partial charge in [-0.05, 0) is 30.2 Å². The van der Waals surface area contributed by atoms with Crippen LogP contribution in [0.5, 0.6) is 0 Å². The van der Waals surface area contributed by atoms with Crippen LogP contribution in [0.25, 0.3) is 0 Å². The minimum atomic E-state index is 0.0421. The molecule has 2 heterocycles. The molecule has 3 aromatic rings. The molecule has 4 nitrogen and oxygen atoms in total. The zero-order valence-corrected chi connectivity index (χ0v) is 17.1. The van der Waals surface area contributed by atoms with E-state index in [0.29, 0.717) is 6.42 Å². The van der Waals surface area contributed by atoms with E-state index in [1.54, 1.807) is 0 Å². The first-order valence-corrected chi connectivity index (χ1v) is 10.4. The molecule has 1 aliphatic heterocycles. The smallest absolute Gasteiger partial charge is 0.225 e. The Bertz CT molecular complexity index is 895. The largest absolute Gasteiger partial charge is 0.346 e. The Kier molecular flexibility index (Phi) is 6.11. The minimum Gasteiger partial charge on any atom is -0.346 e. The fraction of sp³-hybridized carbons (Fsp3) is 0.320. The Hall–Kier alpha value is -2.85. The molecule has 4 rings (SSSR count). The highest BCUT2D eigenvalue weighted by Gasteiger charge is 2.25. The number of hydrogen-bond donors (Lipinski definition) is 0. The molecule has 150 valence electrons. The maximum Gasteiger partial charge on any atom is 0.225 e. The van der Waals surface area contributed by atoms with Gasteiger partial charge in [0.1, 0.15) is 0 Å². The second-order valence-electron chi connectivity index (χ2n) is 7.90. The average molecular weight is 388 g/mol. The third-order valence-corrected chi connectivity index (χ3v) is 5.79. The van der Waals surface area contributed by atoms with Crippen LogP contribution in [0, 0.1) is 6.92 Å². The van der Waals surface area contributed by atoms with Gasteiger partial charge >= 0.3 is 0 Å². The molecule has 29 heavy (non-hydrogen) atoms. The number of carbonyl (C=O) groups excluding carboxylic acids is 1. The van der Waals surface area contributed by atoms with Crippen LogP contribution in [0.2, 0.25) is 0 Å². The van der Waals surface area contributed by atoms with Gasteiger partial charge in [0, 0.05) is 45.1 Å². The number of rotatable bonds is 6. The predicted octanol–water partition coefficient (Wildman–Crippen LogP) is 4.12. The molecule has 1 amide bonds. The molecule has 2 aromatic carbocycles. The van der Waals surface area contributed by atoms with Crippen LogP contribution in [-0.4, -0.2) is 46.5 Å². The molecule has 1 fully saturated rings. The van der Waals surface area contributed by atoms with Crippen molar-refractivity contribution in [3.63, 3.8) is 0 Å². The van der Waals surface area contributed by atoms with Crippen molar-refractivity contribution in [2.24, 2.45) is 0 Å². The monoisotopic (exact) mass is 387 g/mol. The Morgan fingerprint density at radius 1 is 0.862 bits per heavy atom. The van der Waals surface area contributed by atoms with E-state index in [2.05, 4.69) is 83.4 Å². The van der Waals surface area contributed by atoms with Crippen LogP contribution in [0.15, 0.2) is 79.1 Å². The molecule has 1 aliphatic rings. The van der Waals surface area contributed by atoms with Gasteiger partial charge in [-0.1, -0.05) is 60.2 Å². The molecular weight excluding hydrogens is 358 g/mol. The van der Waals surface area contributed by atoms with Crippen LogP contribution < -0.4 is 0 Å². The Balaban J connectivity index is 1.38. The number of hydrogen-bond acceptors (Lipinski definition) is 2. The first-order valence-electron chi connectivity index (χ1n) is 10.4. The first-order chi connectivity index (χ1) is 14.2. The summed E-state index contributed by atoms with van der Waals surface area (Å²) in [4.78, 5) is 17.6. The summed E-state index contributed by atoms with van der Waals surface area (Å²) in [7, 11) is 0. The molecule has 0 N–H and O–H groups in total. The lowest BCUT2D eigenvalue weighted by Crippen LogP contribution is -2.48. The minimum absolute atomic E-state index is 0.0421. The van der Waals surface area contributed by atoms with Gasteiger partial charge < -0.3 is 9.47 Å². The van der Waals surface area contributed by atoms with Gasteiger partial charge in [-0.15, -0.1) is 0 Å². The topological polar surface area (TPSA) is 28.5 Å². The summed E-state index contributed by atoms with van der Waals surface area (Å²) in [5.41, 5.74) is 3.75. The highest BCUT2D eigenvalue weighted by molar-refractivity contribution is 5.77. The number of carbonyl (C=O) groups is 1. The van der Waals surface area contributed by atoms with E-state index >= 15 is 0 Å². The summed E-state index contributed by atoms with van der Waals surface area (Å²) in [6.45, 7) is 6.52. The van der Waals surface area contributed by atoms with Crippen molar-refractivity contribution in [1.29, 1.82) is 0 Å². The SMILES string of the molecule is Cc1ccc([C@H](CC(=O)N2CCN(Cc3ccccc3)CC2)n2cccc2)cc1. The zero-order valence-electron chi connectivity index (χ0n) is 17.1. The summed E-state index contributed by atoms with van der Waals surface area (Å²) in [5.74, 6) is 0.239. The Labute approximate surface area is 173 Å². The third kappa shape index (κ3) is 4.96. The highest BCUT2D eigenvalue weighted by atomic mass is 16.2. The maximum atomic E-state index is 13.1. The fourth-order valence-electron chi connectivity index (χ4n) is 4.03. The van der Waals surface area contributed by atoms with Gasteiger partial charge in [0.15, 0.2) is 0 Å². The molecule has 0 spiro atoms. The summed E-state index contributed by atoms with van der Waals surface area (Å²) in [6, 6.07) is 23.2. The molecule has 0 radical (unpaired) electrons. The van der Waals surface area contributed by atoms with Gasteiger partial charge in [-0.3, -0.25) is 9.69 Å². The zero-order chi connectivity index (χ0) is 20.1. The van der Waals surface area contributed by atoms with Gasteiger partial charge in [-0.2, -0.15) is 0 Å². The molecule has 1 atom stereocenters. The van der Waals surface area contributed by atoms with E-state index in [-0.39, 0.29) is 11.9 Å². The number of nitrogens with zero attached hydrogens (tertiary/aromatic N) is 3. The van der Waals surface area contributed by atoms with Crippen LogP contribution in [0.4, 0.5) is 0 Å². The van der Waals surface area contributed by atoms with Crippen molar-refractivity contribution < 1.29 is 4.79 Å². The lowest BCUT2D eigenvalue weighted by atomic mass is 10.0. The summed E-state index contributed by atoms with van der Waals surface area (Å²) < 4.78 is 2.15. The van der Waals surface area contributed by atoms with Crippen LogP contribution >= 0.6 is 0 Å². The molecule has 0 saturated carbocycles. The number of benzene rings is 2. The van der Waals surface area contributed by atoms with E-state index < -0.39 is 0 Å². The van der Waals surface area contributed by atoms with Crippen LogP contribution in [0.1, 0.15) is 29.2 Å². The van der Waals surface area contributed by atoms with E-state index in [1.165, 1.54) is 16.7 Å². The van der Waals surface area contributed by atoms with E-state index in [4.69, 9.17) is 0 Å². The van der Waals surface area contributed by atoms with Crippen molar-refractivity contribution in [2.75, 3.05) is 26.2 Å². The molecule has 1 aromatic heterocycles. The standard InChI is InChI=1S/C25H29N3O/c1-21-9-11-23(12-10-21)24(27-13-5-6-14-27)19-25(29)28-17-15-26(16-18-28)20-22-7-3-2-4-8-22/h2-14,24H,15-20H2,1H3/t24-/m0/s1. The average Bonchev–Trinajstić information content (AvgIpc) is 3.28. The quantitative estimate of drug-likeness (QED) is 0.636. The lowest BCUT2D eigenvalue weighted by molar-refractivity contribution is -0.133. The summed E-state index contributed by atoms with van der Waals surface area (Å²) in [5, 5.41) is 0. The van der Waals surface area contributed by atoms with Crippen molar-refractivity contribution in [3.8, 4) is 0 Å². The van der Waals surface area contributed by atoms with Gasteiger partial charge in [-0.25, -0.2) is 0 Å². The van der Waals surface area contributed by atoms with Crippen molar-refractivity contribution in [2.45, 2.75) is 25.9 Å². The number of amides is 1. The number of aryl methyl sites for hydroxylation is 1. The van der Waals surface area contributed by atoms with E-state index in [0.717, 1.165) is 32.7 Å². The first kappa shape index (κ1) is 19.5. The molecular formula is C25H29N3O. The molecule has 0 aliphatic carbocycles. The van der Waals surface area contributed by atoms with Crippen molar-refractivity contribution in [3.05, 3.63) is 95.8 Å². The highest BCUT2D eigenvalue weighted by Crippen LogP contribution is 2.24. The molecule has 4 heteroatoms. The third-order valence-electron chi connectivity index (χ3n) is 5.79. The van der Waals surface area contributed by atoms with Crippen LogP contribution in [0.3, 0.4) is 0 Å². The summed E-state index contributed by atoms with van der Waals surface area (Å²) >= 11 is 0. The van der Waals surface area contributed by atoms with E-state index in [1.807, 2.05) is 17.0 Å². The van der Waals surface area contributed by atoms with E-state index in [9.17, 15) is 4.79 Å². The van der Waals surface area contributed by atoms with Crippen LogP contribution in [-0.2, 0) is 11.3 Å². The second-order valence-corrected chi connectivity index (χ2v) is 7.90. The lowest BCUT2D eigenvalue weighted by Gasteiger charge is -2.35. The normalized spacial score (nSPS) is 16.0. The Morgan fingerprint density at radius 3 is 2.17 bits per heavy atom. The predicted molar refractivity (Wildman–Crippen MR) is 117 cm³/mol. The van der Waals surface area contributed by atoms with Crippen molar-refractivity contribution >= 4 is 5.91 Å². The Morgan fingerprint density at radius 2 is 1.52 bits per heavy atom. The number of piperazine rings is 1. The van der Waals surface area contributed by atoms with Crippen molar-refractivity contribution in [1.82, 2.24) is 14.4 Å². The van der Waals surface area contributed by atoms with Gasteiger partial charge in [0.2, 0.25) is 5.91 Å². The molecule has 1 saturated heterocycles. The maximum absolute atomic E-state index is 13.1. The van der Waals surface area contributed by atoms with Gasteiger partial charge in [0.05, 0.1) is 12.5 Å². The molecule has 0 unspecified atom stereocenters. The second kappa shape index (κ2) is 9.10. The van der Waals surface area contributed by atoms with Gasteiger partial charge in [0.25, 0.3) is 0 Å². The fourth-order valence-corrected chi connectivity index (χ4v) is 4.03.